The smallest absolute Gasteiger partial charge is 0.338 e. The van der Waals surface area contributed by atoms with Crippen molar-refractivity contribution in [1.82, 2.24) is 0 Å². The summed E-state index contributed by atoms with van der Waals surface area (Å²) in [6.07, 6.45) is 1.10. The summed E-state index contributed by atoms with van der Waals surface area (Å²) in [4.78, 5) is 10.3. The van der Waals surface area contributed by atoms with Gasteiger partial charge >= 0.3 is 5.97 Å². The molecule has 4 heteroatoms. The zero-order valence-electron chi connectivity index (χ0n) is 4.55. The van der Waals surface area contributed by atoms with E-state index in [1.165, 1.54) is 0 Å². The standard InChI is InChI=1S/C5H5NO3/c6-5-3(2-7)1-4(8)9-5/h1,6-7H,2H2. The molecule has 1 rings (SSSR count). The molecule has 0 aromatic heterocycles. The molecule has 4 nitrogen and oxygen atoms in total. The van der Waals surface area contributed by atoms with Gasteiger partial charge in [0.05, 0.1) is 6.61 Å². The maximum absolute atomic E-state index is 10.3. The van der Waals surface area contributed by atoms with Gasteiger partial charge in [-0.05, 0) is 0 Å². The second kappa shape index (κ2) is 1.99. The molecule has 0 unspecified atom stereocenters. The number of rotatable bonds is 1. The number of carbonyl (C=O) groups excluding carboxylic acids is 1. The van der Waals surface area contributed by atoms with E-state index in [9.17, 15) is 4.79 Å². The van der Waals surface area contributed by atoms with Crippen molar-refractivity contribution < 1.29 is 14.6 Å². The highest BCUT2D eigenvalue weighted by molar-refractivity contribution is 6.10. The average molecular weight is 127 g/mol. The Labute approximate surface area is 51.3 Å². The molecule has 0 fully saturated rings. The molecule has 2 N–H and O–H groups in total. The Morgan fingerprint density at radius 3 is 2.67 bits per heavy atom. The van der Waals surface area contributed by atoms with Crippen molar-refractivity contribution in [2.24, 2.45) is 0 Å². The lowest BCUT2D eigenvalue weighted by atomic mass is 10.3. The Bertz CT molecular complexity index is 194. The summed E-state index contributed by atoms with van der Waals surface area (Å²) in [5.41, 5.74) is 0.236. The molecule has 0 amide bonds. The van der Waals surface area contributed by atoms with Gasteiger partial charge in [-0.2, -0.15) is 0 Å². The van der Waals surface area contributed by atoms with Gasteiger partial charge in [0.15, 0.2) is 0 Å². The predicted octanol–water partition coefficient (Wildman–Crippen LogP) is -0.561. The van der Waals surface area contributed by atoms with Crippen molar-refractivity contribution >= 4 is 11.9 Å². The molecule has 0 aromatic carbocycles. The third kappa shape index (κ3) is 0.972. The lowest BCUT2D eigenvalue weighted by Gasteiger charge is -1.91. The molecule has 48 valence electrons. The fourth-order valence-corrected chi connectivity index (χ4v) is 0.521. The van der Waals surface area contributed by atoms with Gasteiger partial charge in [0.25, 0.3) is 0 Å². The van der Waals surface area contributed by atoms with Crippen LogP contribution in [0.1, 0.15) is 0 Å². The minimum Gasteiger partial charge on any atom is -0.405 e. The van der Waals surface area contributed by atoms with Gasteiger partial charge < -0.3 is 9.84 Å². The van der Waals surface area contributed by atoms with Crippen LogP contribution in [-0.4, -0.2) is 23.6 Å². The molecule has 0 atom stereocenters. The number of carbonyl (C=O) groups is 1. The Balaban J connectivity index is 2.80. The van der Waals surface area contributed by atoms with Gasteiger partial charge in [0.2, 0.25) is 5.90 Å². The molecule has 1 heterocycles. The van der Waals surface area contributed by atoms with Crippen molar-refractivity contribution in [3.8, 4) is 0 Å². The second-order valence-corrected chi connectivity index (χ2v) is 1.58. The van der Waals surface area contributed by atoms with Crippen molar-refractivity contribution in [2.75, 3.05) is 6.61 Å². The number of esters is 1. The van der Waals surface area contributed by atoms with Gasteiger partial charge in [-0.25, -0.2) is 4.79 Å². The van der Waals surface area contributed by atoms with Crippen LogP contribution in [0.3, 0.4) is 0 Å². The fraction of sp³-hybridized carbons (Fsp3) is 0.200. The molecule has 0 aromatic rings. The number of ether oxygens (including phenoxy) is 1. The van der Waals surface area contributed by atoms with Gasteiger partial charge in [0.1, 0.15) is 0 Å². The van der Waals surface area contributed by atoms with Crippen LogP contribution < -0.4 is 0 Å². The highest BCUT2D eigenvalue weighted by Gasteiger charge is 2.18. The fourth-order valence-electron chi connectivity index (χ4n) is 0.521. The van der Waals surface area contributed by atoms with E-state index in [-0.39, 0.29) is 18.1 Å². The van der Waals surface area contributed by atoms with E-state index in [1.807, 2.05) is 0 Å². The van der Waals surface area contributed by atoms with Gasteiger partial charge in [-0.15, -0.1) is 0 Å². The van der Waals surface area contributed by atoms with Crippen LogP contribution in [0.25, 0.3) is 0 Å². The first-order valence-corrected chi connectivity index (χ1v) is 2.36. The lowest BCUT2D eigenvalue weighted by Crippen LogP contribution is -2.02. The molecule has 9 heavy (non-hydrogen) atoms. The topological polar surface area (TPSA) is 70.4 Å². The molecule has 1 aliphatic heterocycles. The van der Waals surface area contributed by atoms with E-state index in [4.69, 9.17) is 10.5 Å². The van der Waals surface area contributed by atoms with Gasteiger partial charge in [-0.3, -0.25) is 5.41 Å². The summed E-state index contributed by atoms with van der Waals surface area (Å²) in [5.74, 6) is -0.827. The van der Waals surface area contributed by atoms with Crippen LogP contribution in [0.4, 0.5) is 0 Å². The zero-order valence-corrected chi connectivity index (χ0v) is 4.55. The maximum atomic E-state index is 10.3. The second-order valence-electron chi connectivity index (χ2n) is 1.58. The number of aliphatic hydroxyl groups is 1. The average Bonchev–Trinajstić information content (AvgIpc) is 2.10. The predicted molar refractivity (Wildman–Crippen MR) is 29.0 cm³/mol. The minimum atomic E-state index is -0.580. The quantitative estimate of drug-likeness (QED) is 0.464. The first-order valence-electron chi connectivity index (χ1n) is 2.36. The SMILES string of the molecule is N=C1OC(=O)C=C1CO. The first-order chi connectivity index (χ1) is 4.24. The van der Waals surface area contributed by atoms with Gasteiger partial charge in [0, 0.05) is 11.6 Å². The number of hydrogen-bond donors (Lipinski definition) is 2. The van der Waals surface area contributed by atoms with E-state index in [0.29, 0.717) is 0 Å². The molecule has 0 bridgehead atoms. The third-order valence-electron chi connectivity index (χ3n) is 0.957. The van der Waals surface area contributed by atoms with Crippen molar-refractivity contribution in [1.29, 1.82) is 5.41 Å². The molecular weight excluding hydrogens is 122 g/mol. The van der Waals surface area contributed by atoms with Crippen LogP contribution in [0, 0.1) is 5.41 Å². The molecule has 0 saturated carbocycles. The maximum Gasteiger partial charge on any atom is 0.338 e. The van der Waals surface area contributed by atoms with Crippen LogP contribution in [0.2, 0.25) is 0 Å². The Morgan fingerprint density at radius 1 is 1.78 bits per heavy atom. The number of aliphatic hydroxyl groups excluding tert-OH is 1. The van der Waals surface area contributed by atoms with E-state index >= 15 is 0 Å². The summed E-state index contributed by atoms with van der Waals surface area (Å²) in [5, 5.41) is 15.3. The molecule has 0 aliphatic carbocycles. The number of hydrogen-bond acceptors (Lipinski definition) is 4. The summed E-state index contributed by atoms with van der Waals surface area (Å²) in [6, 6.07) is 0. The normalized spacial score (nSPS) is 17.7. The van der Waals surface area contributed by atoms with E-state index < -0.39 is 5.97 Å². The van der Waals surface area contributed by atoms with Crippen LogP contribution >= 0.6 is 0 Å². The number of nitrogens with one attached hydrogen (secondary N) is 1. The molecule has 0 saturated heterocycles. The molecular formula is C5H5NO3. The molecule has 0 spiro atoms. The van der Waals surface area contributed by atoms with Crippen molar-refractivity contribution in [3.05, 3.63) is 11.6 Å². The Kier molecular flexibility index (Phi) is 1.32. The highest BCUT2D eigenvalue weighted by atomic mass is 16.5. The monoisotopic (exact) mass is 127 g/mol. The van der Waals surface area contributed by atoms with Crippen molar-refractivity contribution in [3.63, 3.8) is 0 Å². The number of cyclic esters (lactones) is 1. The van der Waals surface area contributed by atoms with Crippen LogP contribution in [-0.2, 0) is 9.53 Å². The largest absolute Gasteiger partial charge is 0.405 e. The summed E-state index contributed by atoms with van der Waals surface area (Å²) in [7, 11) is 0. The minimum absolute atomic E-state index is 0.236. The summed E-state index contributed by atoms with van der Waals surface area (Å²) in [6.45, 7) is -0.315. The third-order valence-corrected chi connectivity index (χ3v) is 0.957. The van der Waals surface area contributed by atoms with Gasteiger partial charge in [-0.1, -0.05) is 0 Å². The molecule has 0 radical (unpaired) electrons. The lowest BCUT2D eigenvalue weighted by molar-refractivity contribution is -0.129. The highest BCUT2D eigenvalue weighted by Crippen LogP contribution is 2.06. The first kappa shape index (κ1) is 5.97. The Morgan fingerprint density at radius 2 is 2.44 bits per heavy atom. The van der Waals surface area contributed by atoms with E-state index in [0.717, 1.165) is 6.08 Å². The molecule has 1 aliphatic rings. The van der Waals surface area contributed by atoms with Crippen LogP contribution in [0.15, 0.2) is 11.6 Å². The van der Waals surface area contributed by atoms with E-state index in [1.54, 1.807) is 0 Å². The van der Waals surface area contributed by atoms with Crippen molar-refractivity contribution in [2.45, 2.75) is 0 Å². The van der Waals surface area contributed by atoms with E-state index in [2.05, 4.69) is 4.74 Å². The summed E-state index contributed by atoms with van der Waals surface area (Å²) < 4.78 is 4.26. The zero-order chi connectivity index (χ0) is 6.85. The Hall–Kier alpha value is -1.16. The summed E-state index contributed by atoms with van der Waals surface area (Å²) >= 11 is 0. The van der Waals surface area contributed by atoms with Crippen LogP contribution in [0.5, 0.6) is 0 Å².